The summed E-state index contributed by atoms with van der Waals surface area (Å²) in [5.74, 6) is 1.21. The maximum atomic E-state index is 12.1. The van der Waals surface area contributed by atoms with E-state index in [-0.39, 0.29) is 5.91 Å². The van der Waals surface area contributed by atoms with Crippen LogP contribution in [0.1, 0.15) is 28.9 Å². The Balaban J connectivity index is 1.49. The summed E-state index contributed by atoms with van der Waals surface area (Å²) in [6.45, 7) is 0.472. The van der Waals surface area contributed by atoms with Crippen LogP contribution in [-0.2, 0) is 6.61 Å². The van der Waals surface area contributed by atoms with Gasteiger partial charge in [-0.05, 0) is 36.6 Å². The van der Waals surface area contributed by atoms with Gasteiger partial charge in [0.15, 0.2) is 11.5 Å². The van der Waals surface area contributed by atoms with Gasteiger partial charge in [-0.25, -0.2) is 4.98 Å². The monoisotopic (exact) mass is 380 g/mol. The first kappa shape index (κ1) is 17.5. The average molecular weight is 380 g/mol. The number of nitrogens with one attached hydrogen (secondary N) is 1. The predicted molar refractivity (Wildman–Crippen MR) is 105 cm³/mol. The molecule has 2 aromatic carbocycles. The van der Waals surface area contributed by atoms with Crippen LogP contribution in [-0.4, -0.2) is 24.0 Å². The molecule has 0 radical (unpaired) electrons. The lowest BCUT2D eigenvalue weighted by molar-refractivity contribution is 0.0947. The lowest BCUT2D eigenvalue weighted by Crippen LogP contribution is -2.25. The molecule has 0 aliphatic heterocycles. The molecule has 138 valence electrons. The number of thiazole rings is 1. The van der Waals surface area contributed by atoms with E-state index in [9.17, 15) is 4.79 Å². The van der Waals surface area contributed by atoms with Gasteiger partial charge < -0.3 is 14.8 Å². The predicted octanol–water partition coefficient (Wildman–Crippen LogP) is 4.29. The molecule has 0 atom stereocenters. The molecule has 1 saturated carbocycles. The van der Waals surface area contributed by atoms with Crippen LogP contribution in [0.4, 0.5) is 0 Å². The summed E-state index contributed by atoms with van der Waals surface area (Å²) in [7, 11) is 1.62. The Morgan fingerprint density at radius 3 is 2.74 bits per heavy atom. The fourth-order valence-electron chi connectivity index (χ4n) is 2.65. The van der Waals surface area contributed by atoms with Crippen molar-refractivity contribution in [1.29, 1.82) is 0 Å². The number of carbonyl (C=O) groups excluding carboxylic acids is 1. The number of benzene rings is 2. The number of methoxy groups -OCH3 is 1. The molecule has 27 heavy (non-hydrogen) atoms. The van der Waals surface area contributed by atoms with Crippen molar-refractivity contribution in [1.82, 2.24) is 10.3 Å². The second-order valence-corrected chi connectivity index (χ2v) is 7.28. The van der Waals surface area contributed by atoms with E-state index < -0.39 is 0 Å². The first-order chi connectivity index (χ1) is 13.2. The summed E-state index contributed by atoms with van der Waals surface area (Å²) < 4.78 is 11.4. The number of amides is 1. The molecule has 1 aliphatic rings. The molecule has 0 saturated heterocycles. The van der Waals surface area contributed by atoms with Gasteiger partial charge in [0.2, 0.25) is 0 Å². The van der Waals surface area contributed by atoms with E-state index in [0.717, 1.165) is 29.0 Å². The molecule has 5 nitrogen and oxygen atoms in total. The lowest BCUT2D eigenvalue weighted by Gasteiger charge is -2.11. The Kier molecular flexibility index (Phi) is 5.07. The average Bonchev–Trinajstić information content (AvgIpc) is 3.38. The number of ether oxygens (including phenoxy) is 2. The topological polar surface area (TPSA) is 60.5 Å². The Morgan fingerprint density at radius 2 is 2.00 bits per heavy atom. The zero-order valence-electron chi connectivity index (χ0n) is 15.0. The van der Waals surface area contributed by atoms with Gasteiger partial charge in [0.05, 0.1) is 7.11 Å². The van der Waals surface area contributed by atoms with E-state index in [1.807, 2.05) is 48.5 Å². The highest BCUT2D eigenvalue weighted by Gasteiger charge is 2.25. The van der Waals surface area contributed by atoms with Crippen molar-refractivity contribution in [3.63, 3.8) is 0 Å². The highest BCUT2D eigenvalue weighted by Crippen LogP contribution is 2.34. The standard InChI is InChI=1S/C21H20N2O3S/c1-25-19-11-15(7-10-18(19)26-12-14-5-3-2-4-6-14)21-23-17(13-27-21)20(24)22-16-8-9-16/h2-7,10-11,13,16H,8-9,12H2,1H3,(H,22,24). The van der Waals surface area contributed by atoms with Gasteiger partial charge in [-0.3, -0.25) is 4.79 Å². The van der Waals surface area contributed by atoms with Gasteiger partial charge in [0, 0.05) is 17.0 Å². The van der Waals surface area contributed by atoms with Gasteiger partial charge in [0.1, 0.15) is 17.3 Å². The minimum atomic E-state index is -0.102. The van der Waals surface area contributed by atoms with Crippen molar-refractivity contribution in [2.75, 3.05) is 7.11 Å². The van der Waals surface area contributed by atoms with E-state index in [2.05, 4.69) is 10.3 Å². The van der Waals surface area contributed by atoms with Crippen molar-refractivity contribution >= 4 is 17.2 Å². The molecular formula is C21H20N2O3S. The first-order valence-electron chi connectivity index (χ1n) is 8.84. The quantitative estimate of drug-likeness (QED) is 0.664. The fourth-order valence-corrected chi connectivity index (χ4v) is 3.45. The summed E-state index contributed by atoms with van der Waals surface area (Å²) >= 11 is 1.45. The Morgan fingerprint density at radius 1 is 1.19 bits per heavy atom. The molecule has 0 unspecified atom stereocenters. The molecule has 1 fully saturated rings. The van der Waals surface area contributed by atoms with Crippen LogP contribution in [0.5, 0.6) is 11.5 Å². The van der Waals surface area contributed by atoms with E-state index in [4.69, 9.17) is 9.47 Å². The van der Waals surface area contributed by atoms with Gasteiger partial charge in [-0.15, -0.1) is 11.3 Å². The zero-order valence-corrected chi connectivity index (χ0v) is 15.8. The highest BCUT2D eigenvalue weighted by molar-refractivity contribution is 7.13. The molecule has 1 amide bonds. The van der Waals surface area contributed by atoms with Crippen LogP contribution in [0.3, 0.4) is 0 Å². The summed E-state index contributed by atoms with van der Waals surface area (Å²) in [6, 6.07) is 16.0. The van der Waals surface area contributed by atoms with Gasteiger partial charge in [0.25, 0.3) is 5.91 Å². The Labute approximate surface area is 162 Å². The number of carbonyl (C=O) groups is 1. The summed E-state index contributed by atoms with van der Waals surface area (Å²) in [5.41, 5.74) is 2.45. The fraction of sp³-hybridized carbons (Fsp3) is 0.238. The summed E-state index contributed by atoms with van der Waals surface area (Å²) in [6.07, 6.45) is 2.12. The third-order valence-corrected chi connectivity index (χ3v) is 5.19. The number of nitrogens with zero attached hydrogens (tertiary/aromatic N) is 1. The van der Waals surface area contributed by atoms with Crippen molar-refractivity contribution in [3.05, 3.63) is 65.2 Å². The minimum absolute atomic E-state index is 0.102. The normalized spacial score (nSPS) is 13.2. The van der Waals surface area contributed by atoms with Crippen LogP contribution in [0.25, 0.3) is 10.6 Å². The molecule has 1 aromatic heterocycles. The maximum Gasteiger partial charge on any atom is 0.270 e. The van der Waals surface area contributed by atoms with Crippen molar-refractivity contribution in [2.45, 2.75) is 25.5 Å². The van der Waals surface area contributed by atoms with Crippen LogP contribution >= 0.6 is 11.3 Å². The number of rotatable bonds is 7. The smallest absolute Gasteiger partial charge is 0.270 e. The van der Waals surface area contributed by atoms with Crippen molar-refractivity contribution in [3.8, 4) is 22.1 Å². The Bertz CT molecular complexity index is 936. The maximum absolute atomic E-state index is 12.1. The van der Waals surface area contributed by atoms with Gasteiger partial charge in [-0.1, -0.05) is 30.3 Å². The number of hydrogen-bond donors (Lipinski definition) is 1. The van der Waals surface area contributed by atoms with E-state index in [0.29, 0.717) is 29.8 Å². The van der Waals surface area contributed by atoms with Gasteiger partial charge in [-0.2, -0.15) is 0 Å². The van der Waals surface area contributed by atoms with Crippen molar-refractivity contribution < 1.29 is 14.3 Å². The number of aromatic nitrogens is 1. The van der Waals surface area contributed by atoms with Crippen LogP contribution in [0.15, 0.2) is 53.9 Å². The molecule has 1 N–H and O–H groups in total. The molecule has 6 heteroatoms. The molecule has 0 spiro atoms. The van der Waals surface area contributed by atoms with E-state index >= 15 is 0 Å². The third-order valence-electron chi connectivity index (χ3n) is 4.30. The van der Waals surface area contributed by atoms with Crippen LogP contribution in [0, 0.1) is 0 Å². The number of hydrogen-bond acceptors (Lipinski definition) is 5. The lowest BCUT2D eigenvalue weighted by atomic mass is 10.2. The SMILES string of the molecule is COc1cc(-c2nc(C(=O)NC3CC3)cs2)ccc1OCc1ccccc1. The molecule has 0 bridgehead atoms. The first-order valence-corrected chi connectivity index (χ1v) is 9.72. The molecule has 1 heterocycles. The zero-order chi connectivity index (χ0) is 18.6. The minimum Gasteiger partial charge on any atom is -0.493 e. The second kappa shape index (κ2) is 7.80. The largest absolute Gasteiger partial charge is 0.493 e. The van der Waals surface area contributed by atoms with Crippen molar-refractivity contribution in [2.24, 2.45) is 0 Å². The van der Waals surface area contributed by atoms with Crippen LogP contribution < -0.4 is 14.8 Å². The highest BCUT2D eigenvalue weighted by atomic mass is 32.1. The Hall–Kier alpha value is -2.86. The van der Waals surface area contributed by atoms with E-state index in [1.54, 1.807) is 12.5 Å². The molecule has 1 aliphatic carbocycles. The molecular weight excluding hydrogens is 360 g/mol. The summed E-state index contributed by atoms with van der Waals surface area (Å²) in [5, 5.41) is 5.53. The van der Waals surface area contributed by atoms with Gasteiger partial charge >= 0.3 is 0 Å². The third kappa shape index (κ3) is 4.28. The molecule has 3 aromatic rings. The molecule has 4 rings (SSSR count). The van der Waals surface area contributed by atoms with Crippen LogP contribution in [0.2, 0.25) is 0 Å². The van der Waals surface area contributed by atoms with E-state index in [1.165, 1.54) is 11.3 Å². The summed E-state index contributed by atoms with van der Waals surface area (Å²) in [4.78, 5) is 16.6. The second-order valence-electron chi connectivity index (χ2n) is 6.43.